The SMILES string of the molecule is CN=C(NCc1ncc(C)s1)NCC(c1ccco1)N1CCCC1.I. The molecule has 3 rings (SSSR count). The predicted octanol–water partition coefficient (Wildman–Crippen LogP) is 3.16. The average molecular weight is 475 g/mol. The highest BCUT2D eigenvalue weighted by Crippen LogP contribution is 2.24. The van der Waals surface area contributed by atoms with E-state index in [4.69, 9.17) is 4.42 Å². The molecule has 3 heterocycles. The van der Waals surface area contributed by atoms with Crippen molar-refractivity contribution in [3.8, 4) is 0 Å². The molecule has 0 aliphatic carbocycles. The summed E-state index contributed by atoms with van der Waals surface area (Å²) in [6, 6.07) is 4.25. The van der Waals surface area contributed by atoms with E-state index in [0.29, 0.717) is 6.54 Å². The first-order valence-electron chi connectivity index (χ1n) is 8.39. The number of likely N-dealkylation sites (tertiary alicyclic amines) is 1. The fourth-order valence-corrected chi connectivity index (χ4v) is 3.73. The van der Waals surface area contributed by atoms with Gasteiger partial charge in [-0.2, -0.15) is 0 Å². The van der Waals surface area contributed by atoms with Gasteiger partial charge >= 0.3 is 0 Å². The number of hydrogen-bond acceptors (Lipinski definition) is 5. The van der Waals surface area contributed by atoms with Gasteiger partial charge in [0, 0.05) is 24.7 Å². The second-order valence-corrected chi connectivity index (χ2v) is 7.26. The highest BCUT2D eigenvalue weighted by Gasteiger charge is 2.25. The van der Waals surface area contributed by atoms with Gasteiger partial charge in [-0.15, -0.1) is 35.3 Å². The number of guanidine groups is 1. The topological polar surface area (TPSA) is 65.7 Å². The van der Waals surface area contributed by atoms with Crippen molar-refractivity contribution in [3.05, 3.63) is 40.2 Å². The average Bonchev–Trinajstić information content (AvgIpc) is 3.33. The molecule has 2 aromatic heterocycles. The smallest absolute Gasteiger partial charge is 0.191 e. The zero-order chi connectivity index (χ0) is 16.8. The lowest BCUT2D eigenvalue weighted by molar-refractivity contribution is 0.215. The summed E-state index contributed by atoms with van der Waals surface area (Å²) in [7, 11) is 1.79. The van der Waals surface area contributed by atoms with E-state index in [9.17, 15) is 0 Å². The van der Waals surface area contributed by atoms with Gasteiger partial charge in [-0.1, -0.05) is 0 Å². The summed E-state index contributed by atoms with van der Waals surface area (Å²) in [6.07, 6.45) is 6.16. The molecular weight excluding hydrogens is 449 g/mol. The van der Waals surface area contributed by atoms with Gasteiger partial charge in [0.2, 0.25) is 0 Å². The van der Waals surface area contributed by atoms with E-state index in [-0.39, 0.29) is 30.0 Å². The number of nitrogens with one attached hydrogen (secondary N) is 2. The Hall–Kier alpha value is -1.13. The van der Waals surface area contributed by atoms with Crippen LogP contribution in [0.15, 0.2) is 34.0 Å². The molecule has 2 aromatic rings. The summed E-state index contributed by atoms with van der Waals surface area (Å²) in [5.41, 5.74) is 0. The van der Waals surface area contributed by atoms with Gasteiger partial charge in [0.15, 0.2) is 5.96 Å². The highest BCUT2D eigenvalue weighted by molar-refractivity contribution is 14.0. The molecule has 1 aliphatic rings. The van der Waals surface area contributed by atoms with Crippen LogP contribution in [0.2, 0.25) is 0 Å². The first-order valence-corrected chi connectivity index (χ1v) is 9.21. The molecule has 138 valence electrons. The van der Waals surface area contributed by atoms with Crippen LogP contribution >= 0.6 is 35.3 Å². The number of aliphatic imine (C=N–C) groups is 1. The van der Waals surface area contributed by atoms with Crippen LogP contribution in [0.4, 0.5) is 0 Å². The third kappa shape index (κ3) is 5.68. The normalized spacial score (nSPS) is 16.5. The summed E-state index contributed by atoms with van der Waals surface area (Å²) in [6.45, 7) is 5.77. The number of aromatic nitrogens is 1. The van der Waals surface area contributed by atoms with Crippen molar-refractivity contribution in [2.24, 2.45) is 4.99 Å². The fraction of sp³-hybridized carbons (Fsp3) is 0.529. The highest BCUT2D eigenvalue weighted by atomic mass is 127. The molecule has 0 saturated carbocycles. The van der Waals surface area contributed by atoms with Crippen molar-refractivity contribution in [1.82, 2.24) is 20.5 Å². The Morgan fingerprint density at radius 1 is 1.40 bits per heavy atom. The van der Waals surface area contributed by atoms with Crippen LogP contribution in [0, 0.1) is 6.92 Å². The first-order chi connectivity index (χ1) is 11.8. The molecule has 1 unspecified atom stereocenters. The van der Waals surface area contributed by atoms with E-state index in [0.717, 1.165) is 36.4 Å². The Morgan fingerprint density at radius 2 is 2.20 bits per heavy atom. The van der Waals surface area contributed by atoms with E-state index < -0.39 is 0 Å². The Labute approximate surface area is 170 Å². The minimum atomic E-state index is 0. The number of furan rings is 1. The summed E-state index contributed by atoms with van der Waals surface area (Å²) >= 11 is 1.70. The molecule has 0 aromatic carbocycles. The van der Waals surface area contributed by atoms with Crippen molar-refractivity contribution in [3.63, 3.8) is 0 Å². The molecule has 1 aliphatic heterocycles. The zero-order valence-electron chi connectivity index (χ0n) is 14.7. The van der Waals surface area contributed by atoms with Crippen LogP contribution in [-0.4, -0.2) is 42.5 Å². The maximum Gasteiger partial charge on any atom is 0.191 e. The molecule has 1 fully saturated rings. The lowest BCUT2D eigenvalue weighted by atomic mass is 10.2. The molecule has 25 heavy (non-hydrogen) atoms. The lowest BCUT2D eigenvalue weighted by Crippen LogP contribution is -2.42. The molecule has 0 spiro atoms. The Morgan fingerprint density at radius 3 is 2.80 bits per heavy atom. The fourth-order valence-electron chi connectivity index (χ4n) is 3.00. The molecule has 8 heteroatoms. The molecule has 0 bridgehead atoms. The molecule has 2 N–H and O–H groups in total. The van der Waals surface area contributed by atoms with Crippen LogP contribution in [-0.2, 0) is 6.54 Å². The summed E-state index contributed by atoms with van der Waals surface area (Å²) in [5, 5.41) is 7.82. The second kappa shape index (κ2) is 10.1. The van der Waals surface area contributed by atoms with Gasteiger partial charge in [-0.05, 0) is 45.0 Å². The maximum absolute atomic E-state index is 5.66. The van der Waals surface area contributed by atoms with Crippen LogP contribution in [0.25, 0.3) is 0 Å². The van der Waals surface area contributed by atoms with E-state index >= 15 is 0 Å². The van der Waals surface area contributed by atoms with Gasteiger partial charge < -0.3 is 15.1 Å². The van der Waals surface area contributed by atoms with E-state index in [2.05, 4.69) is 38.5 Å². The standard InChI is InChI=1S/C17H25N5OS.HI/c1-13-10-19-16(24-13)12-21-17(18-2)20-11-14(15-6-5-9-23-15)22-7-3-4-8-22;/h5-6,9-10,14H,3-4,7-8,11-12H2,1-2H3,(H2,18,20,21);1H. The van der Waals surface area contributed by atoms with Crippen LogP contribution < -0.4 is 10.6 Å². The summed E-state index contributed by atoms with van der Waals surface area (Å²) in [4.78, 5) is 12.4. The predicted molar refractivity (Wildman–Crippen MR) is 113 cm³/mol. The molecule has 0 radical (unpaired) electrons. The molecule has 1 saturated heterocycles. The Balaban J connectivity index is 0.00000225. The van der Waals surface area contributed by atoms with Crippen LogP contribution in [0.3, 0.4) is 0 Å². The van der Waals surface area contributed by atoms with E-state index in [1.807, 2.05) is 12.3 Å². The van der Waals surface area contributed by atoms with E-state index in [1.54, 1.807) is 24.6 Å². The minimum Gasteiger partial charge on any atom is -0.468 e. The monoisotopic (exact) mass is 475 g/mol. The molecule has 0 amide bonds. The summed E-state index contributed by atoms with van der Waals surface area (Å²) in [5.74, 6) is 1.80. The van der Waals surface area contributed by atoms with Gasteiger partial charge in [0.05, 0.1) is 18.8 Å². The largest absolute Gasteiger partial charge is 0.468 e. The van der Waals surface area contributed by atoms with Crippen molar-refractivity contribution in [2.45, 2.75) is 32.4 Å². The minimum absolute atomic E-state index is 0. The first kappa shape index (κ1) is 20.2. The zero-order valence-corrected chi connectivity index (χ0v) is 17.8. The quantitative estimate of drug-likeness (QED) is 0.382. The number of aryl methyl sites for hydroxylation is 1. The molecule has 6 nitrogen and oxygen atoms in total. The van der Waals surface area contributed by atoms with Gasteiger partial charge in [-0.3, -0.25) is 9.89 Å². The molecular formula is C17H26IN5OS. The number of rotatable bonds is 6. The maximum atomic E-state index is 5.66. The number of nitrogens with zero attached hydrogens (tertiary/aromatic N) is 3. The lowest BCUT2D eigenvalue weighted by Gasteiger charge is -2.26. The van der Waals surface area contributed by atoms with Crippen LogP contribution in [0.1, 0.15) is 34.5 Å². The number of halogens is 1. The van der Waals surface area contributed by atoms with Crippen molar-refractivity contribution >= 4 is 41.3 Å². The van der Waals surface area contributed by atoms with Gasteiger partial charge in [0.25, 0.3) is 0 Å². The molecule has 1 atom stereocenters. The number of hydrogen-bond donors (Lipinski definition) is 2. The van der Waals surface area contributed by atoms with Gasteiger partial charge in [-0.25, -0.2) is 4.98 Å². The Kier molecular flexibility index (Phi) is 8.17. The second-order valence-electron chi connectivity index (χ2n) is 5.95. The number of thiazole rings is 1. The van der Waals surface area contributed by atoms with Gasteiger partial charge in [0.1, 0.15) is 10.8 Å². The Bertz CT molecular complexity index is 652. The van der Waals surface area contributed by atoms with Crippen molar-refractivity contribution in [2.75, 3.05) is 26.7 Å². The third-order valence-electron chi connectivity index (χ3n) is 4.22. The third-order valence-corrected chi connectivity index (χ3v) is 5.13. The van der Waals surface area contributed by atoms with E-state index in [1.165, 1.54) is 17.7 Å². The van der Waals surface area contributed by atoms with Crippen molar-refractivity contribution < 1.29 is 4.42 Å². The van der Waals surface area contributed by atoms with Crippen LogP contribution in [0.5, 0.6) is 0 Å². The summed E-state index contributed by atoms with van der Waals surface area (Å²) < 4.78 is 5.66. The van der Waals surface area contributed by atoms with Crippen molar-refractivity contribution in [1.29, 1.82) is 0 Å².